The molecule has 0 unspecified atom stereocenters. The molecule has 0 bridgehead atoms. The quantitative estimate of drug-likeness (QED) is 0.673. The Hall–Kier alpha value is -2.20. The highest BCUT2D eigenvalue weighted by Crippen LogP contribution is 2.23. The summed E-state index contributed by atoms with van der Waals surface area (Å²) in [6.45, 7) is 0. The Bertz CT molecular complexity index is 597. The lowest BCUT2D eigenvalue weighted by Gasteiger charge is -2.07. The molecule has 0 saturated heterocycles. The predicted octanol–water partition coefficient (Wildman–Crippen LogP) is 3.80. The number of hydrogen-bond donors (Lipinski definition) is 1. The van der Waals surface area contributed by atoms with Gasteiger partial charge in [0.05, 0.1) is 26.1 Å². The van der Waals surface area contributed by atoms with Gasteiger partial charge in [-0.25, -0.2) is 0 Å². The Labute approximate surface area is 123 Å². The zero-order chi connectivity index (χ0) is 14.4. The standard InChI is InChI=1S/C15H15ClN2O2/c1-19-14-8-3-11(15(9-14)20-2)10-17-18-13-6-4-12(16)5-7-13/h3-10,18H,1-2H3. The fraction of sp³-hybridized carbons (Fsp3) is 0.133. The van der Waals surface area contributed by atoms with Gasteiger partial charge in [-0.05, 0) is 36.4 Å². The van der Waals surface area contributed by atoms with E-state index in [9.17, 15) is 0 Å². The largest absolute Gasteiger partial charge is 0.497 e. The summed E-state index contributed by atoms with van der Waals surface area (Å²) in [7, 11) is 3.23. The lowest BCUT2D eigenvalue weighted by atomic mass is 10.2. The van der Waals surface area contributed by atoms with E-state index in [4.69, 9.17) is 21.1 Å². The minimum absolute atomic E-state index is 0.691. The van der Waals surface area contributed by atoms with Gasteiger partial charge in [0.1, 0.15) is 11.5 Å². The van der Waals surface area contributed by atoms with E-state index in [2.05, 4.69) is 10.5 Å². The van der Waals surface area contributed by atoms with Gasteiger partial charge in [0.2, 0.25) is 0 Å². The minimum Gasteiger partial charge on any atom is -0.497 e. The van der Waals surface area contributed by atoms with Crippen molar-refractivity contribution < 1.29 is 9.47 Å². The SMILES string of the molecule is COc1ccc(C=NNc2ccc(Cl)cc2)c(OC)c1. The molecule has 2 aromatic rings. The average Bonchev–Trinajstić information content (AvgIpc) is 2.49. The third kappa shape index (κ3) is 3.65. The van der Waals surface area contributed by atoms with Crippen LogP contribution >= 0.6 is 11.6 Å². The summed E-state index contributed by atoms with van der Waals surface area (Å²) in [6.07, 6.45) is 1.69. The van der Waals surface area contributed by atoms with Crippen LogP contribution in [-0.2, 0) is 0 Å². The molecule has 0 atom stereocenters. The highest BCUT2D eigenvalue weighted by atomic mass is 35.5. The zero-order valence-electron chi connectivity index (χ0n) is 11.3. The first-order valence-corrected chi connectivity index (χ1v) is 6.37. The van der Waals surface area contributed by atoms with Crippen LogP contribution in [0.25, 0.3) is 0 Å². The Kier molecular flexibility index (Phi) is 4.85. The topological polar surface area (TPSA) is 42.8 Å². The van der Waals surface area contributed by atoms with Gasteiger partial charge in [0.15, 0.2) is 0 Å². The van der Waals surface area contributed by atoms with Crippen molar-refractivity contribution in [1.82, 2.24) is 0 Å². The fourth-order valence-corrected chi connectivity index (χ4v) is 1.75. The van der Waals surface area contributed by atoms with Gasteiger partial charge >= 0.3 is 0 Å². The summed E-state index contributed by atoms with van der Waals surface area (Å²) in [5.41, 5.74) is 4.64. The second-order valence-corrected chi connectivity index (χ2v) is 4.42. The zero-order valence-corrected chi connectivity index (χ0v) is 12.0. The van der Waals surface area contributed by atoms with Crippen molar-refractivity contribution in [3.8, 4) is 11.5 Å². The number of hydrogen-bond acceptors (Lipinski definition) is 4. The maximum atomic E-state index is 5.82. The van der Waals surface area contributed by atoms with Gasteiger partial charge in [-0.2, -0.15) is 5.10 Å². The predicted molar refractivity (Wildman–Crippen MR) is 82.2 cm³/mol. The van der Waals surface area contributed by atoms with Gasteiger partial charge in [-0.3, -0.25) is 5.43 Å². The first kappa shape index (κ1) is 14.2. The van der Waals surface area contributed by atoms with E-state index in [1.165, 1.54) is 0 Å². The van der Waals surface area contributed by atoms with Crippen LogP contribution in [0.3, 0.4) is 0 Å². The number of ether oxygens (including phenoxy) is 2. The van der Waals surface area contributed by atoms with Crippen molar-refractivity contribution in [3.63, 3.8) is 0 Å². The third-order valence-electron chi connectivity index (χ3n) is 2.68. The van der Waals surface area contributed by atoms with Gasteiger partial charge in [0.25, 0.3) is 0 Å². The maximum Gasteiger partial charge on any atom is 0.131 e. The number of rotatable bonds is 5. The van der Waals surface area contributed by atoms with E-state index >= 15 is 0 Å². The first-order chi connectivity index (χ1) is 9.72. The summed E-state index contributed by atoms with van der Waals surface area (Å²) in [5.74, 6) is 1.44. The summed E-state index contributed by atoms with van der Waals surface area (Å²) >= 11 is 5.82. The number of anilines is 1. The van der Waals surface area contributed by atoms with Crippen LogP contribution < -0.4 is 14.9 Å². The lowest BCUT2D eigenvalue weighted by molar-refractivity contribution is 0.394. The highest BCUT2D eigenvalue weighted by Gasteiger charge is 2.02. The minimum atomic E-state index is 0.691. The molecule has 0 aromatic heterocycles. The van der Waals surface area contributed by atoms with Crippen LogP contribution in [0.4, 0.5) is 5.69 Å². The number of nitrogens with zero attached hydrogens (tertiary/aromatic N) is 1. The monoisotopic (exact) mass is 290 g/mol. The highest BCUT2D eigenvalue weighted by molar-refractivity contribution is 6.30. The van der Waals surface area contributed by atoms with Crippen molar-refractivity contribution in [2.45, 2.75) is 0 Å². The van der Waals surface area contributed by atoms with E-state index < -0.39 is 0 Å². The summed E-state index contributed by atoms with van der Waals surface area (Å²) in [6, 6.07) is 12.8. The number of halogens is 1. The number of hydrazone groups is 1. The van der Waals surface area contributed by atoms with Crippen LogP contribution in [0.2, 0.25) is 5.02 Å². The van der Waals surface area contributed by atoms with Gasteiger partial charge in [0, 0.05) is 16.7 Å². The molecule has 0 aliphatic carbocycles. The average molecular weight is 291 g/mol. The lowest BCUT2D eigenvalue weighted by Crippen LogP contribution is -1.95. The van der Waals surface area contributed by atoms with Crippen LogP contribution in [0.15, 0.2) is 47.6 Å². The van der Waals surface area contributed by atoms with E-state index in [0.717, 1.165) is 17.0 Å². The Balaban J connectivity index is 2.09. The molecule has 0 spiro atoms. The molecule has 5 heteroatoms. The van der Waals surface area contributed by atoms with Crippen molar-refractivity contribution in [2.24, 2.45) is 5.10 Å². The van der Waals surface area contributed by atoms with E-state index in [0.29, 0.717) is 10.8 Å². The molecule has 0 fully saturated rings. The summed E-state index contributed by atoms with van der Waals surface area (Å²) < 4.78 is 10.4. The fourth-order valence-electron chi connectivity index (χ4n) is 1.63. The number of nitrogens with one attached hydrogen (secondary N) is 1. The molecule has 2 rings (SSSR count). The molecular weight excluding hydrogens is 276 g/mol. The smallest absolute Gasteiger partial charge is 0.131 e. The third-order valence-corrected chi connectivity index (χ3v) is 2.93. The molecule has 0 aliphatic heterocycles. The second-order valence-electron chi connectivity index (χ2n) is 3.98. The Morgan fingerprint density at radius 1 is 1.05 bits per heavy atom. The van der Waals surface area contributed by atoms with Crippen LogP contribution in [0.5, 0.6) is 11.5 Å². The van der Waals surface area contributed by atoms with Crippen molar-refractivity contribution in [2.75, 3.05) is 19.6 Å². The molecular formula is C15H15ClN2O2. The molecule has 0 saturated carbocycles. The molecule has 0 heterocycles. The van der Waals surface area contributed by atoms with Crippen molar-refractivity contribution in [1.29, 1.82) is 0 Å². The van der Waals surface area contributed by atoms with E-state index in [1.54, 1.807) is 32.6 Å². The van der Waals surface area contributed by atoms with Crippen LogP contribution in [-0.4, -0.2) is 20.4 Å². The maximum absolute atomic E-state index is 5.82. The van der Waals surface area contributed by atoms with Crippen molar-refractivity contribution >= 4 is 23.5 Å². The van der Waals surface area contributed by atoms with Crippen LogP contribution in [0.1, 0.15) is 5.56 Å². The molecule has 104 valence electrons. The van der Waals surface area contributed by atoms with Gasteiger partial charge in [-0.15, -0.1) is 0 Å². The molecule has 1 N–H and O–H groups in total. The van der Waals surface area contributed by atoms with Crippen molar-refractivity contribution in [3.05, 3.63) is 53.1 Å². The molecule has 0 amide bonds. The molecule has 0 radical (unpaired) electrons. The van der Waals surface area contributed by atoms with E-state index in [-0.39, 0.29) is 0 Å². The molecule has 2 aromatic carbocycles. The van der Waals surface area contributed by atoms with Crippen LogP contribution in [0, 0.1) is 0 Å². The Morgan fingerprint density at radius 2 is 1.80 bits per heavy atom. The molecule has 0 aliphatic rings. The number of benzene rings is 2. The van der Waals surface area contributed by atoms with Gasteiger partial charge in [-0.1, -0.05) is 11.6 Å². The Morgan fingerprint density at radius 3 is 2.45 bits per heavy atom. The molecule has 20 heavy (non-hydrogen) atoms. The second kappa shape index (κ2) is 6.82. The van der Waals surface area contributed by atoms with E-state index in [1.807, 2.05) is 30.3 Å². The molecule has 4 nitrogen and oxygen atoms in total. The summed E-state index contributed by atoms with van der Waals surface area (Å²) in [5, 5.41) is 4.86. The van der Waals surface area contributed by atoms with Gasteiger partial charge < -0.3 is 9.47 Å². The first-order valence-electron chi connectivity index (χ1n) is 5.99. The number of methoxy groups -OCH3 is 2. The summed E-state index contributed by atoms with van der Waals surface area (Å²) in [4.78, 5) is 0. The normalized spacial score (nSPS) is 10.6.